The molecule has 0 aliphatic carbocycles. The largest absolute Gasteiger partial charge is 0.444 e. The number of nitrogens with zero attached hydrogens (tertiary/aromatic N) is 1. The third-order valence-electron chi connectivity index (χ3n) is 3.90. The fourth-order valence-corrected chi connectivity index (χ4v) is 2.75. The summed E-state index contributed by atoms with van der Waals surface area (Å²) in [5.74, 6) is 0. The maximum atomic E-state index is 12.0. The van der Waals surface area contributed by atoms with Gasteiger partial charge in [0.05, 0.1) is 0 Å². The van der Waals surface area contributed by atoms with Gasteiger partial charge in [0.15, 0.2) is 6.29 Å². The SMILES string of the molecule is CCOC(CCCNC1CCN(C(=O)OC(C)(C)C)CC1)OCC. The molecule has 0 aromatic rings. The molecular weight excluding hydrogens is 308 g/mol. The lowest BCUT2D eigenvalue weighted by Gasteiger charge is -2.33. The van der Waals surface area contributed by atoms with Crippen molar-refractivity contribution in [1.29, 1.82) is 0 Å². The van der Waals surface area contributed by atoms with Gasteiger partial charge in [-0.3, -0.25) is 0 Å². The number of ether oxygens (including phenoxy) is 3. The van der Waals surface area contributed by atoms with E-state index in [9.17, 15) is 4.79 Å². The van der Waals surface area contributed by atoms with Crippen LogP contribution >= 0.6 is 0 Å². The van der Waals surface area contributed by atoms with Crippen LogP contribution in [0.1, 0.15) is 60.3 Å². The zero-order chi connectivity index (χ0) is 18.0. The molecule has 1 amide bonds. The number of nitrogens with one attached hydrogen (secondary N) is 1. The summed E-state index contributed by atoms with van der Waals surface area (Å²) in [6.07, 6.45) is 3.59. The number of hydrogen-bond acceptors (Lipinski definition) is 5. The van der Waals surface area contributed by atoms with Gasteiger partial charge >= 0.3 is 6.09 Å². The summed E-state index contributed by atoms with van der Waals surface area (Å²) in [7, 11) is 0. The molecule has 6 heteroatoms. The van der Waals surface area contributed by atoms with E-state index in [1.807, 2.05) is 39.5 Å². The molecule has 6 nitrogen and oxygen atoms in total. The van der Waals surface area contributed by atoms with Gasteiger partial charge in [-0.1, -0.05) is 0 Å². The Kier molecular flexibility index (Phi) is 9.63. The molecule has 0 radical (unpaired) electrons. The Balaban J connectivity index is 2.16. The molecule has 1 aliphatic heterocycles. The Hall–Kier alpha value is -0.850. The predicted molar refractivity (Wildman–Crippen MR) is 95.1 cm³/mol. The lowest BCUT2D eigenvalue weighted by atomic mass is 10.1. The molecule has 1 rings (SSSR count). The fourth-order valence-electron chi connectivity index (χ4n) is 2.75. The molecular formula is C18H36N2O4. The lowest BCUT2D eigenvalue weighted by Crippen LogP contribution is -2.46. The van der Waals surface area contributed by atoms with Crippen molar-refractivity contribution in [3.05, 3.63) is 0 Å². The van der Waals surface area contributed by atoms with Gasteiger partial charge in [0.2, 0.25) is 0 Å². The quantitative estimate of drug-likeness (QED) is 0.514. The highest BCUT2D eigenvalue weighted by Crippen LogP contribution is 2.15. The van der Waals surface area contributed by atoms with Gasteiger partial charge in [-0.25, -0.2) is 4.79 Å². The zero-order valence-electron chi connectivity index (χ0n) is 16.1. The maximum absolute atomic E-state index is 12.0. The minimum atomic E-state index is -0.427. The fraction of sp³-hybridized carbons (Fsp3) is 0.944. The molecule has 0 bridgehead atoms. The molecule has 1 saturated heterocycles. The number of carbonyl (C=O) groups is 1. The highest BCUT2D eigenvalue weighted by Gasteiger charge is 2.26. The van der Waals surface area contributed by atoms with Crippen molar-refractivity contribution in [2.45, 2.75) is 78.2 Å². The number of piperidine rings is 1. The molecule has 0 aromatic heterocycles. The molecule has 142 valence electrons. The van der Waals surface area contributed by atoms with Crippen LogP contribution < -0.4 is 5.32 Å². The van der Waals surface area contributed by atoms with Crippen molar-refractivity contribution in [2.75, 3.05) is 32.8 Å². The summed E-state index contributed by atoms with van der Waals surface area (Å²) in [6, 6.07) is 0.473. The predicted octanol–water partition coefficient (Wildman–Crippen LogP) is 3.15. The highest BCUT2D eigenvalue weighted by atomic mass is 16.7. The molecule has 1 heterocycles. The van der Waals surface area contributed by atoms with E-state index in [-0.39, 0.29) is 12.4 Å². The highest BCUT2D eigenvalue weighted by molar-refractivity contribution is 5.68. The first-order valence-electron chi connectivity index (χ1n) is 9.30. The van der Waals surface area contributed by atoms with Crippen molar-refractivity contribution in [2.24, 2.45) is 0 Å². The average molecular weight is 344 g/mol. The Morgan fingerprint density at radius 1 is 1.17 bits per heavy atom. The molecule has 1 fully saturated rings. The van der Waals surface area contributed by atoms with Gasteiger partial charge in [0, 0.05) is 32.3 Å². The van der Waals surface area contributed by atoms with Gasteiger partial charge in [-0.05, 0) is 66.8 Å². The van der Waals surface area contributed by atoms with E-state index in [1.165, 1.54) is 0 Å². The maximum Gasteiger partial charge on any atom is 0.410 e. The summed E-state index contributed by atoms with van der Waals surface area (Å²) in [5, 5.41) is 3.58. The van der Waals surface area contributed by atoms with Crippen LogP contribution in [0, 0.1) is 0 Å². The summed E-state index contributed by atoms with van der Waals surface area (Å²) in [4.78, 5) is 13.8. The van der Waals surface area contributed by atoms with E-state index in [2.05, 4.69) is 5.32 Å². The normalized spacial score (nSPS) is 16.7. The van der Waals surface area contributed by atoms with Gasteiger partial charge in [-0.15, -0.1) is 0 Å². The Bertz CT molecular complexity index is 343. The molecule has 0 spiro atoms. The van der Waals surface area contributed by atoms with E-state index in [0.717, 1.165) is 45.3 Å². The Labute approximate surface area is 147 Å². The van der Waals surface area contributed by atoms with E-state index in [0.29, 0.717) is 19.3 Å². The standard InChI is InChI=1S/C18H36N2O4/c1-6-22-16(23-7-2)9-8-12-19-15-10-13-20(14-11-15)17(21)24-18(3,4)5/h15-16,19H,6-14H2,1-5H3. The first kappa shape index (κ1) is 21.2. The minimum absolute atomic E-state index is 0.0872. The molecule has 1 N–H and O–H groups in total. The van der Waals surface area contributed by atoms with Gasteiger partial charge < -0.3 is 24.4 Å². The summed E-state index contributed by atoms with van der Waals surface area (Å²) in [5.41, 5.74) is -0.427. The second-order valence-corrected chi connectivity index (χ2v) is 7.18. The molecule has 0 atom stereocenters. The smallest absolute Gasteiger partial charge is 0.410 e. The first-order valence-corrected chi connectivity index (χ1v) is 9.30. The summed E-state index contributed by atoms with van der Waals surface area (Å²) in [6.45, 7) is 13.5. The number of likely N-dealkylation sites (tertiary alicyclic amines) is 1. The number of rotatable bonds is 9. The van der Waals surface area contributed by atoms with Gasteiger partial charge in [-0.2, -0.15) is 0 Å². The second-order valence-electron chi connectivity index (χ2n) is 7.18. The van der Waals surface area contributed by atoms with Crippen LogP contribution in [-0.4, -0.2) is 61.8 Å². The Morgan fingerprint density at radius 2 is 1.75 bits per heavy atom. The number of hydrogen-bond donors (Lipinski definition) is 1. The van der Waals surface area contributed by atoms with Crippen LogP contribution in [-0.2, 0) is 14.2 Å². The zero-order valence-corrected chi connectivity index (χ0v) is 16.1. The monoisotopic (exact) mass is 344 g/mol. The van der Waals surface area contributed by atoms with Crippen molar-refractivity contribution in [1.82, 2.24) is 10.2 Å². The summed E-state index contributed by atoms with van der Waals surface area (Å²) >= 11 is 0. The lowest BCUT2D eigenvalue weighted by molar-refractivity contribution is -0.139. The van der Waals surface area contributed by atoms with Crippen LogP contribution in [0.2, 0.25) is 0 Å². The van der Waals surface area contributed by atoms with E-state index in [4.69, 9.17) is 14.2 Å². The van der Waals surface area contributed by atoms with Crippen molar-refractivity contribution >= 4 is 6.09 Å². The van der Waals surface area contributed by atoms with Crippen LogP contribution in [0.15, 0.2) is 0 Å². The molecule has 1 aliphatic rings. The van der Waals surface area contributed by atoms with Gasteiger partial charge in [0.25, 0.3) is 0 Å². The van der Waals surface area contributed by atoms with Crippen LogP contribution in [0.4, 0.5) is 4.79 Å². The van der Waals surface area contributed by atoms with E-state index < -0.39 is 5.60 Å². The topological polar surface area (TPSA) is 60.0 Å². The van der Waals surface area contributed by atoms with Crippen molar-refractivity contribution in [3.63, 3.8) is 0 Å². The van der Waals surface area contributed by atoms with E-state index in [1.54, 1.807) is 0 Å². The number of amides is 1. The second kappa shape index (κ2) is 10.9. The first-order chi connectivity index (χ1) is 11.4. The third kappa shape index (κ3) is 8.85. The molecule has 0 aromatic carbocycles. The van der Waals surface area contributed by atoms with Crippen molar-refractivity contribution < 1.29 is 19.0 Å². The Morgan fingerprint density at radius 3 is 2.25 bits per heavy atom. The average Bonchev–Trinajstić information content (AvgIpc) is 2.51. The minimum Gasteiger partial charge on any atom is -0.444 e. The number of carbonyl (C=O) groups excluding carboxylic acids is 1. The van der Waals surface area contributed by atoms with Crippen LogP contribution in [0.3, 0.4) is 0 Å². The molecule has 0 unspecified atom stereocenters. The van der Waals surface area contributed by atoms with Crippen LogP contribution in [0.5, 0.6) is 0 Å². The van der Waals surface area contributed by atoms with Gasteiger partial charge in [0.1, 0.15) is 5.60 Å². The molecule has 0 saturated carbocycles. The molecule has 24 heavy (non-hydrogen) atoms. The summed E-state index contributed by atoms with van der Waals surface area (Å²) < 4.78 is 16.5. The van der Waals surface area contributed by atoms with Crippen LogP contribution in [0.25, 0.3) is 0 Å². The third-order valence-corrected chi connectivity index (χ3v) is 3.90. The van der Waals surface area contributed by atoms with Crippen molar-refractivity contribution in [3.8, 4) is 0 Å². The van der Waals surface area contributed by atoms with E-state index >= 15 is 0 Å².